The molecular formula is C15H19ClN2O2. The van der Waals surface area contributed by atoms with Crippen molar-refractivity contribution >= 4 is 17.6 Å². The van der Waals surface area contributed by atoms with Gasteiger partial charge in [-0.2, -0.15) is 0 Å². The van der Waals surface area contributed by atoms with Gasteiger partial charge in [-0.25, -0.2) is 0 Å². The fraction of sp³-hybridized carbons (Fsp3) is 0.600. The van der Waals surface area contributed by atoms with Crippen LogP contribution in [0.4, 0.5) is 0 Å². The molecule has 0 radical (unpaired) electrons. The van der Waals surface area contributed by atoms with Gasteiger partial charge in [0.05, 0.1) is 11.1 Å². The molecule has 20 heavy (non-hydrogen) atoms. The van der Waals surface area contributed by atoms with Gasteiger partial charge in [-0.05, 0) is 50.7 Å². The van der Waals surface area contributed by atoms with E-state index >= 15 is 0 Å². The van der Waals surface area contributed by atoms with Gasteiger partial charge in [0.1, 0.15) is 0 Å². The average Bonchev–Trinajstić information content (AvgIpc) is 2.47. The van der Waals surface area contributed by atoms with Crippen LogP contribution in [0.5, 0.6) is 0 Å². The van der Waals surface area contributed by atoms with Gasteiger partial charge < -0.3 is 10.4 Å². The Morgan fingerprint density at radius 3 is 2.50 bits per heavy atom. The quantitative estimate of drug-likeness (QED) is 0.896. The predicted molar refractivity (Wildman–Crippen MR) is 76.6 cm³/mol. The van der Waals surface area contributed by atoms with E-state index in [0.717, 1.165) is 44.2 Å². The first kappa shape index (κ1) is 13.8. The number of pyridine rings is 1. The fourth-order valence-corrected chi connectivity index (χ4v) is 3.78. The fourth-order valence-electron chi connectivity index (χ4n) is 3.60. The summed E-state index contributed by atoms with van der Waals surface area (Å²) in [5, 5.41) is 13.7. The molecule has 0 atom stereocenters. The molecule has 3 fully saturated rings. The average molecular weight is 295 g/mol. The minimum absolute atomic E-state index is 0.0984. The van der Waals surface area contributed by atoms with Gasteiger partial charge in [-0.15, -0.1) is 0 Å². The highest BCUT2D eigenvalue weighted by atomic mass is 35.5. The van der Waals surface area contributed by atoms with E-state index in [2.05, 4.69) is 10.3 Å². The van der Waals surface area contributed by atoms with E-state index in [0.29, 0.717) is 11.6 Å². The summed E-state index contributed by atoms with van der Waals surface area (Å²) in [6.07, 6.45) is 6.92. The summed E-state index contributed by atoms with van der Waals surface area (Å²) in [5.74, 6) is -0.609. The zero-order valence-electron chi connectivity index (χ0n) is 11.4. The zero-order valence-corrected chi connectivity index (χ0v) is 12.1. The first-order chi connectivity index (χ1) is 9.54. The molecule has 0 aromatic carbocycles. The molecule has 0 aliphatic heterocycles. The van der Waals surface area contributed by atoms with Crippen LogP contribution in [-0.2, 0) is 11.3 Å². The van der Waals surface area contributed by atoms with E-state index in [1.165, 1.54) is 0 Å². The Balaban J connectivity index is 1.64. The van der Waals surface area contributed by atoms with Crippen LogP contribution < -0.4 is 5.32 Å². The number of nitrogens with one attached hydrogen (secondary N) is 1. The minimum atomic E-state index is -0.609. The molecule has 4 nitrogen and oxygen atoms in total. The molecule has 3 aliphatic rings. The van der Waals surface area contributed by atoms with Crippen molar-refractivity contribution in [2.24, 2.45) is 5.41 Å². The molecule has 0 unspecified atom stereocenters. The summed E-state index contributed by atoms with van der Waals surface area (Å²) in [6, 6.07) is 3.64. The van der Waals surface area contributed by atoms with Crippen molar-refractivity contribution in [3.05, 3.63) is 29.0 Å². The van der Waals surface area contributed by atoms with Crippen LogP contribution >= 0.6 is 11.6 Å². The third kappa shape index (κ3) is 2.42. The summed E-state index contributed by atoms with van der Waals surface area (Å²) >= 11 is 5.96. The summed E-state index contributed by atoms with van der Waals surface area (Å²) in [7, 11) is 0. The molecular weight excluding hydrogens is 276 g/mol. The molecule has 3 saturated carbocycles. The maximum Gasteiger partial charge on any atom is 0.309 e. The van der Waals surface area contributed by atoms with Crippen LogP contribution in [0.25, 0.3) is 0 Å². The largest absolute Gasteiger partial charge is 0.481 e. The molecule has 1 aromatic rings. The second-order valence-corrected chi connectivity index (χ2v) is 6.62. The van der Waals surface area contributed by atoms with Gasteiger partial charge in [0.15, 0.2) is 0 Å². The zero-order chi connectivity index (χ0) is 14.2. The highest BCUT2D eigenvalue weighted by Crippen LogP contribution is 2.52. The van der Waals surface area contributed by atoms with Gasteiger partial charge in [0, 0.05) is 23.3 Å². The Kier molecular flexibility index (Phi) is 3.46. The van der Waals surface area contributed by atoms with Crippen LogP contribution in [0, 0.1) is 5.41 Å². The van der Waals surface area contributed by atoms with Crippen molar-refractivity contribution in [2.45, 2.75) is 50.6 Å². The summed E-state index contributed by atoms with van der Waals surface area (Å²) in [5.41, 5.74) is 0.589. The van der Waals surface area contributed by atoms with E-state index in [1.807, 2.05) is 6.07 Å². The van der Waals surface area contributed by atoms with Crippen LogP contribution in [0.2, 0.25) is 5.02 Å². The number of carbonyl (C=O) groups is 1. The number of nitrogens with zero attached hydrogens (tertiary/aromatic N) is 1. The Bertz CT molecular complexity index is 508. The molecule has 0 amide bonds. The van der Waals surface area contributed by atoms with E-state index in [-0.39, 0.29) is 5.54 Å². The number of hydrogen-bond acceptors (Lipinski definition) is 3. The van der Waals surface area contributed by atoms with Crippen molar-refractivity contribution in [3.63, 3.8) is 0 Å². The number of rotatable bonds is 4. The third-order valence-electron chi connectivity index (χ3n) is 5.12. The standard InChI is InChI=1S/C15H19ClN2O2/c16-11-1-8-17-12(9-11)10-18-15-5-2-14(3-6-15,4-7-15)13(19)20/h1,8-9,18H,2-7,10H2,(H,19,20). The molecule has 1 heterocycles. The van der Waals surface area contributed by atoms with Crippen LogP contribution in [0.15, 0.2) is 18.3 Å². The van der Waals surface area contributed by atoms with Gasteiger partial charge in [0.25, 0.3) is 0 Å². The lowest BCUT2D eigenvalue weighted by Gasteiger charge is -2.51. The predicted octanol–water partition coefficient (Wildman–Crippen LogP) is 3.00. The number of carboxylic acid groups (broad SMARTS) is 1. The van der Waals surface area contributed by atoms with Gasteiger partial charge in [-0.3, -0.25) is 9.78 Å². The second-order valence-electron chi connectivity index (χ2n) is 6.18. The first-order valence-electron chi connectivity index (χ1n) is 7.13. The van der Waals surface area contributed by atoms with E-state index < -0.39 is 11.4 Å². The molecule has 5 heteroatoms. The second kappa shape index (κ2) is 5.01. The molecule has 3 aliphatic carbocycles. The molecule has 108 valence electrons. The number of carboxylic acids is 1. The van der Waals surface area contributed by atoms with E-state index in [9.17, 15) is 9.90 Å². The van der Waals surface area contributed by atoms with E-state index in [1.54, 1.807) is 12.3 Å². The maximum absolute atomic E-state index is 11.4. The Hall–Kier alpha value is -1.13. The lowest BCUT2D eigenvalue weighted by molar-refractivity contribution is -0.156. The molecule has 2 N–H and O–H groups in total. The minimum Gasteiger partial charge on any atom is -0.481 e. The molecule has 4 rings (SSSR count). The van der Waals surface area contributed by atoms with Gasteiger partial charge in [-0.1, -0.05) is 11.6 Å². The SMILES string of the molecule is O=C(O)C12CCC(NCc3cc(Cl)ccn3)(CC1)CC2. The normalized spacial score (nSPS) is 32.2. The summed E-state index contributed by atoms with van der Waals surface area (Å²) in [6.45, 7) is 0.695. The summed E-state index contributed by atoms with van der Waals surface area (Å²) in [4.78, 5) is 15.7. The number of hydrogen-bond donors (Lipinski definition) is 2. The van der Waals surface area contributed by atoms with Crippen LogP contribution in [-0.4, -0.2) is 21.6 Å². The van der Waals surface area contributed by atoms with Crippen molar-refractivity contribution in [1.82, 2.24) is 10.3 Å². The van der Waals surface area contributed by atoms with Gasteiger partial charge >= 0.3 is 5.97 Å². The Labute approximate surface area is 123 Å². The molecule has 0 saturated heterocycles. The van der Waals surface area contributed by atoms with Gasteiger partial charge in [0.2, 0.25) is 0 Å². The smallest absolute Gasteiger partial charge is 0.309 e. The molecule has 1 aromatic heterocycles. The lowest BCUT2D eigenvalue weighted by Crippen LogP contribution is -2.56. The summed E-state index contributed by atoms with van der Waals surface area (Å²) < 4.78 is 0. The lowest BCUT2D eigenvalue weighted by atomic mass is 9.57. The van der Waals surface area contributed by atoms with Crippen LogP contribution in [0.3, 0.4) is 0 Å². The topological polar surface area (TPSA) is 62.2 Å². The van der Waals surface area contributed by atoms with Crippen molar-refractivity contribution in [1.29, 1.82) is 0 Å². The Morgan fingerprint density at radius 2 is 1.95 bits per heavy atom. The van der Waals surface area contributed by atoms with Crippen molar-refractivity contribution in [3.8, 4) is 0 Å². The number of halogens is 1. The van der Waals surface area contributed by atoms with Crippen molar-refractivity contribution < 1.29 is 9.90 Å². The maximum atomic E-state index is 11.4. The third-order valence-corrected chi connectivity index (χ3v) is 5.36. The molecule has 2 bridgehead atoms. The Morgan fingerprint density at radius 1 is 1.30 bits per heavy atom. The number of aliphatic carboxylic acids is 1. The number of fused-ring (bicyclic) bond motifs is 3. The highest BCUT2D eigenvalue weighted by molar-refractivity contribution is 6.30. The number of aromatic nitrogens is 1. The molecule has 0 spiro atoms. The highest BCUT2D eigenvalue weighted by Gasteiger charge is 2.52. The monoisotopic (exact) mass is 294 g/mol. The first-order valence-corrected chi connectivity index (χ1v) is 7.50. The van der Waals surface area contributed by atoms with Crippen molar-refractivity contribution in [2.75, 3.05) is 0 Å². The van der Waals surface area contributed by atoms with E-state index in [4.69, 9.17) is 11.6 Å². The van der Waals surface area contributed by atoms with Crippen LogP contribution in [0.1, 0.15) is 44.2 Å².